The summed E-state index contributed by atoms with van der Waals surface area (Å²) in [6, 6.07) is 16.0. The van der Waals surface area contributed by atoms with Gasteiger partial charge in [0.05, 0.1) is 12.7 Å². The van der Waals surface area contributed by atoms with Gasteiger partial charge in [0.15, 0.2) is 0 Å². The van der Waals surface area contributed by atoms with Crippen LogP contribution in [0.2, 0.25) is 0 Å². The minimum Gasteiger partial charge on any atom is -0.465 e. The highest BCUT2D eigenvalue weighted by molar-refractivity contribution is 6.05. The standard InChI is InChI=1S/C22H21N3O3/c1-14-6-4-9-19(15(14)2)25-21(26)16-10-11-23-20(13-16)24-18-8-5-7-17(12-18)22(27)28-3/h4-13H,1-3H3,(H,23,24)(H,25,26). The van der Waals surface area contributed by atoms with Crippen LogP contribution >= 0.6 is 0 Å². The first-order valence-electron chi connectivity index (χ1n) is 8.77. The third-order valence-electron chi connectivity index (χ3n) is 4.43. The number of methoxy groups -OCH3 is 1. The molecule has 0 aliphatic heterocycles. The van der Waals surface area contributed by atoms with Crippen LogP contribution in [0.25, 0.3) is 0 Å². The van der Waals surface area contributed by atoms with Crippen molar-refractivity contribution >= 4 is 29.1 Å². The molecule has 1 aromatic heterocycles. The number of ether oxygens (including phenoxy) is 1. The molecular formula is C22H21N3O3. The van der Waals surface area contributed by atoms with Crippen molar-refractivity contribution < 1.29 is 14.3 Å². The van der Waals surface area contributed by atoms with E-state index in [1.165, 1.54) is 7.11 Å². The minimum atomic E-state index is -0.418. The van der Waals surface area contributed by atoms with Crippen molar-refractivity contribution in [2.24, 2.45) is 0 Å². The summed E-state index contributed by atoms with van der Waals surface area (Å²) in [6.45, 7) is 3.97. The Morgan fingerprint density at radius 1 is 0.964 bits per heavy atom. The summed E-state index contributed by atoms with van der Waals surface area (Å²) < 4.78 is 4.73. The fourth-order valence-corrected chi connectivity index (χ4v) is 2.71. The highest BCUT2D eigenvalue weighted by Gasteiger charge is 2.11. The quantitative estimate of drug-likeness (QED) is 0.643. The first kappa shape index (κ1) is 19.1. The van der Waals surface area contributed by atoms with Crippen LogP contribution in [0, 0.1) is 13.8 Å². The van der Waals surface area contributed by atoms with Crippen LogP contribution in [0.4, 0.5) is 17.2 Å². The van der Waals surface area contributed by atoms with Gasteiger partial charge in [0.25, 0.3) is 5.91 Å². The lowest BCUT2D eigenvalue weighted by atomic mass is 10.1. The monoisotopic (exact) mass is 375 g/mol. The zero-order chi connectivity index (χ0) is 20.1. The number of aryl methyl sites for hydroxylation is 1. The molecule has 6 heteroatoms. The maximum absolute atomic E-state index is 12.6. The zero-order valence-corrected chi connectivity index (χ0v) is 15.9. The van der Waals surface area contributed by atoms with Gasteiger partial charge in [-0.25, -0.2) is 9.78 Å². The van der Waals surface area contributed by atoms with Gasteiger partial charge in [0.2, 0.25) is 0 Å². The maximum atomic E-state index is 12.6. The van der Waals surface area contributed by atoms with Crippen molar-refractivity contribution in [3.8, 4) is 0 Å². The number of anilines is 3. The van der Waals surface area contributed by atoms with Crippen molar-refractivity contribution in [1.29, 1.82) is 0 Å². The molecule has 28 heavy (non-hydrogen) atoms. The largest absolute Gasteiger partial charge is 0.465 e. The average molecular weight is 375 g/mol. The smallest absolute Gasteiger partial charge is 0.337 e. The van der Waals surface area contributed by atoms with Crippen LogP contribution in [0.15, 0.2) is 60.8 Å². The summed E-state index contributed by atoms with van der Waals surface area (Å²) in [4.78, 5) is 28.5. The molecule has 0 aliphatic carbocycles. The second-order valence-electron chi connectivity index (χ2n) is 6.33. The Bertz CT molecular complexity index is 1030. The predicted molar refractivity (Wildman–Crippen MR) is 109 cm³/mol. The van der Waals surface area contributed by atoms with Crippen molar-refractivity contribution in [3.63, 3.8) is 0 Å². The van der Waals surface area contributed by atoms with E-state index >= 15 is 0 Å². The van der Waals surface area contributed by atoms with Crippen LogP contribution < -0.4 is 10.6 Å². The first-order chi connectivity index (χ1) is 13.5. The van der Waals surface area contributed by atoms with Gasteiger partial charge in [-0.15, -0.1) is 0 Å². The maximum Gasteiger partial charge on any atom is 0.337 e. The molecule has 0 radical (unpaired) electrons. The SMILES string of the molecule is COC(=O)c1cccc(Nc2cc(C(=O)Nc3cccc(C)c3C)ccn2)c1. The number of carbonyl (C=O) groups is 2. The van der Waals surface area contributed by atoms with E-state index in [0.29, 0.717) is 22.6 Å². The van der Waals surface area contributed by atoms with Gasteiger partial charge < -0.3 is 15.4 Å². The fraction of sp³-hybridized carbons (Fsp3) is 0.136. The third-order valence-corrected chi connectivity index (χ3v) is 4.43. The van der Waals surface area contributed by atoms with Crippen molar-refractivity contribution in [2.45, 2.75) is 13.8 Å². The molecule has 0 unspecified atom stereocenters. The molecule has 1 amide bonds. The number of benzene rings is 2. The Kier molecular flexibility index (Phi) is 5.69. The second-order valence-corrected chi connectivity index (χ2v) is 6.33. The summed E-state index contributed by atoms with van der Waals surface area (Å²) >= 11 is 0. The lowest BCUT2D eigenvalue weighted by Crippen LogP contribution is -2.13. The Hall–Kier alpha value is -3.67. The lowest BCUT2D eigenvalue weighted by Gasteiger charge is -2.11. The number of esters is 1. The van der Waals surface area contributed by atoms with Gasteiger partial charge in [-0.1, -0.05) is 18.2 Å². The Morgan fingerprint density at radius 3 is 2.54 bits per heavy atom. The summed E-state index contributed by atoms with van der Waals surface area (Å²) in [5.74, 6) is -0.142. The van der Waals surface area contributed by atoms with Gasteiger partial charge in [-0.3, -0.25) is 4.79 Å². The molecule has 0 saturated heterocycles. The molecule has 0 bridgehead atoms. The van der Waals surface area contributed by atoms with Gasteiger partial charge in [0, 0.05) is 23.1 Å². The van der Waals surface area contributed by atoms with Gasteiger partial charge in [-0.05, 0) is 61.4 Å². The molecule has 3 rings (SSSR count). The average Bonchev–Trinajstić information content (AvgIpc) is 2.71. The number of carbonyl (C=O) groups excluding carboxylic acids is 2. The van der Waals surface area contributed by atoms with E-state index in [4.69, 9.17) is 4.74 Å². The topological polar surface area (TPSA) is 80.3 Å². The zero-order valence-electron chi connectivity index (χ0n) is 15.9. The van der Waals surface area contributed by atoms with E-state index in [9.17, 15) is 9.59 Å². The number of rotatable bonds is 5. The Balaban J connectivity index is 1.78. The Labute approximate surface area is 163 Å². The molecule has 0 fully saturated rings. The number of aromatic nitrogens is 1. The van der Waals surface area contributed by atoms with Crippen LogP contribution in [0.5, 0.6) is 0 Å². The molecule has 2 aromatic carbocycles. The first-order valence-corrected chi connectivity index (χ1v) is 8.77. The van der Waals surface area contributed by atoms with E-state index in [-0.39, 0.29) is 5.91 Å². The fourth-order valence-electron chi connectivity index (χ4n) is 2.71. The van der Waals surface area contributed by atoms with Crippen LogP contribution in [-0.2, 0) is 4.74 Å². The number of pyridine rings is 1. The molecule has 1 heterocycles. The van der Waals surface area contributed by atoms with E-state index < -0.39 is 5.97 Å². The molecule has 3 aromatic rings. The summed E-state index contributed by atoms with van der Waals surface area (Å²) in [7, 11) is 1.34. The van der Waals surface area contributed by atoms with Crippen LogP contribution in [0.1, 0.15) is 31.8 Å². The number of amides is 1. The molecule has 0 aliphatic rings. The van der Waals surface area contributed by atoms with Gasteiger partial charge >= 0.3 is 5.97 Å². The number of hydrogen-bond acceptors (Lipinski definition) is 5. The molecule has 142 valence electrons. The minimum absolute atomic E-state index is 0.220. The highest BCUT2D eigenvalue weighted by Crippen LogP contribution is 2.21. The van der Waals surface area contributed by atoms with Gasteiger partial charge in [0.1, 0.15) is 5.82 Å². The van der Waals surface area contributed by atoms with E-state index in [1.807, 2.05) is 32.0 Å². The molecule has 0 spiro atoms. The summed E-state index contributed by atoms with van der Waals surface area (Å²) in [5.41, 5.74) is 4.49. The van der Waals surface area contributed by atoms with Crippen molar-refractivity contribution in [3.05, 3.63) is 83.0 Å². The number of nitrogens with zero attached hydrogens (tertiary/aromatic N) is 1. The lowest BCUT2D eigenvalue weighted by molar-refractivity contribution is 0.0600. The third kappa shape index (κ3) is 4.35. The molecule has 6 nitrogen and oxygen atoms in total. The summed E-state index contributed by atoms with van der Waals surface area (Å²) in [5, 5.41) is 6.04. The molecule has 0 saturated carbocycles. The molecule has 0 atom stereocenters. The van der Waals surface area contributed by atoms with Gasteiger partial charge in [-0.2, -0.15) is 0 Å². The Morgan fingerprint density at radius 2 is 1.75 bits per heavy atom. The van der Waals surface area contributed by atoms with Crippen LogP contribution in [0.3, 0.4) is 0 Å². The van der Waals surface area contributed by atoms with E-state index in [1.54, 1.807) is 42.6 Å². The van der Waals surface area contributed by atoms with Crippen molar-refractivity contribution in [1.82, 2.24) is 4.98 Å². The number of nitrogens with one attached hydrogen (secondary N) is 2. The summed E-state index contributed by atoms with van der Waals surface area (Å²) in [6.07, 6.45) is 1.56. The predicted octanol–water partition coefficient (Wildman–Crippen LogP) is 4.48. The molecular weight excluding hydrogens is 354 g/mol. The van der Waals surface area contributed by atoms with Crippen molar-refractivity contribution in [2.75, 3.05) is 17.7 Å². The van der Waals surface area contributed by atoms with E-state index in [0.717, 1.165) is 16.8 Å². The van der Waals surface area contributed by atoms with E-state index in [2.05, 4.69) is 15.6 Å². The highest BCUT2D eigenvalue weighted by atomic mass is 16.5. The normalized spacial score (nSPS) is 10.2. The van der Waals surface area contributed by atoms with Crippen LogP contribution in [-0.4, -0.2) is 24.0 Å². The second kappa shape index (κ2) is 8.35. The molecule has 2 N–H and O–H groups in total. The number of hydrogen-bond donors (Lipinski definition) is 2.